The van der Waals surface area contributed by atoms with Crippen LogP contribution < -0.4 is 11.1 Å². The fourth-order valence-electron chi connectivity index (χ4n) is 5.76. The normalized spacial score (nSPS) is 17.9. The molecule has 1 unspecified atom stereocenters. The summed E-state index contributed by atoms with van der Waals surface area (Å²) in [5, 5.41) is 11.6. The van der Waals surface area contributed by atoms with Crippen LogP contribution in [0.3, 0.4) is 0 Å². The molecule has 1 aromatic carbocycles. The van der Waals surface area contributed by atoms with Crippen molar-refractivity contribution in [2.24, 2.45) is 0 Å². The van der Waals surface area contributed by atoms with Crippen molar-refractivity contribution < 1.29 is 18.0 Å². The van der Waals surface area contributed by atoms with Crippen molar-refractivity contribution >= 4 is 23.0 Å². The number of amides is 2. The summed E-state index contributed by atoms with van der Waals surface area (Å²) in [7, 11) is 0. The number of nitrogens with two attached hydrogens (primary N) is 1. The number of piperidine rings is 1. The summed E-state index contributed by atoms with van der Waals surface area (Å²) >= 11 is 0. The molecule has 3 aromatic heterocycles. The van der Waals surface area contributed by atoms with Crippen molar-refractivity contribution in [2.45, 2.75) is 37.4 Å². The van der Waals surface area contributed by atoms with Crippen molar-refractivity contribution in [3.05, 3.63) is 66.0 Å². The van der Waals surface area contributed by atoms with E-state index in [4.69, 9.17) is 11.0 Å². The molecule has 5 heterocycles. The summed E-state index contributed by atoms with van der Waals surface area (Å²) in [6, 6.07) is 13.3. The third kappa shape index (κ3) is 5.15. The summed E-state index contributed by atoms with van der Waals surface area (Å²) in [5.74, 6) is 0.660. The molecule has 2 amide bonds. The number of nitriles is 1. The van der Waals surface area contributed by atoms with E-state index in [-0.39, 0.29) is 29.5 Å². The van der Waals surface area contributed by atoms with Gasteiger partial charge in [0.15, 0.2) is 17.7 Å². The molecule has 10 nitrogen and oxygen atoms in total. The number of halogens is 3. The first-order valence-electron chi connectivity index (χ1n) is 13.7. The molecular weight excluding hydrogens is 547 g/mol. The van der Waals surface area contributed by atoms with Crippen LogP contribution in [0.1, 0.15) is 36.4 Å². The van der Waals surface area contributed by atoms with Gasteiger partial charge in [-0.1, -0.05) is 12.1 Å². The molecule has 2 fully saturated rings. The first-order valence-corrected chi connectivity index (χ1v) is 13.7. The van der Waals surface area contributed by atoms with E-state index in [1.54, 1.807) is 16.7 Å². The summed E-state index contributed by atoms with van der Waals surface area (Å²) in [6.45, 7) is 2.44. The lowest BCUT2D eigenvalue weighted by atomic mass is 9.98. The third-order valence-corrected chi connectivity index (χ3v) is 7.99. The van der Waals surface area contributed by atoms with Crippen molar-refractivity contribution in [1.82, 2.24) is 34.6 Å². The molecule has 2 aliphatic heterocycles. The number of benzene rings is 1. The van der Waals surface area contributed by atoms with E-state index in [9.17, 15) is 18.0 Å². The summed E-state index contributed by atoms with van der Waals surface area (Å²) in [4.78, 5) is 29.5. The molecule has 1 atom stereocenters. The second kappa shape index (κ2) is 10.8. The Morgan fingerprint density at radius 2 is 1.74 bits per heavy atom. The van der Waals surface area contributed by atoms with Crippen LogP contribution in [0.25, 0.3) is 28.2 Å². The minimum Gasteiger partial charge on any atom is -0.383 e. The Labute approximate surface area is 239 Å². The van der Waals surface area contributed by atoms with Gasteiger partial charge in [0, 0.05) is 50.0 Å². The van der Waals surface area contributed by atoms with Gasteiger partial charge in [-0.3, -0.25) is 4.57 Å². The van der Waals surface area contributed by atoms with E-state index in [1.807, 2.05) is 40.3 Å². The number of nitrogen functional groups attached to an aromatic ring is 1. The zero-order valence-corrected chi connectivity index (χ0v) is 22.6. The van der Waals surface area contributed by atoms with Crippen LogP contribution in [0.15, 0.2) is 54.7 Å². The van der Waals surface area contributed by atoms with Crippen LogP contribution in [0.4, 0.5) is 23.8 Å². The fraction of sp³-hybridized carbons (Fsp3) is 0.345. The van der Waals surface area contributed by atoms with Gasteiger partial charge in [0.25, 0.3) is 0 Å². The quantitative estimate of drug-likeness (QED) is 0.270. The maximum absolute atomic E-state index is 13.6. The number of anilines is 1. The predicted molar refractivity (Wildman–Crippen MR) is 149 cm³/mol. The van der Waals surface area contributed by atoms with Gasteiger partial charge in [0.2, 0.25) is 0 Å². The van der Waals surface area contributed by atoms with E-state index < -0.39 is 11.9 Å². The molecule has 6 rings (SSSR count). The highest BCUT2D eigenvalue weighted by Gasteiger charge is 2.34. The van der Waals surface area contributed by atoms with Gasteiger partial charge in [0.1, 0.15) is 17.0 Å². The molecule has 0 bridgehead atoms. The zero-order valence-electron chi connectivity index (χ0n) is 22.6. The number of hydrogen-bond acceptors (Lipinski definition) is 7. The van der Waals surface area contributed by atoms with Gasteiger partial charge in [-0.05, 0) is 61.2 Å². The standard InChI is InChI=1S/C29H28F3N9O/c30-29(31,32)24-8-7-23-27(38-24)41(26(37-23)22-2-1-12-35-25(22)34)21-5-3-18(4-6-21)19-9-13-40(16-19)28(42)39-14-10-20(11-15-39)36-17-33/h1-8,12,19-20,36H,9-11,13-16H2,(H2,34,35). The Hall–Kier alpha value is -4.86. The van der Waals surface area contributed by atoms with Crippen LogP contribution in [-0.2, 0) is 6.18 Å². The Morgan fingerprint density at radius 1 is 1.00 bits per heavy atom. The molecule has 216 valence electrons. The molecule has 42 heavy (non-hydrogen) atoms. The molecular formula is C29H28F3N9O. The van der Waals surface area contributed by atoms with Crippen molar-refractivity contribution in [3.8, 4) is 23.3 Å². The summed E-state index contributed by atoms with van der Waals surface area (Å²) in [5.41, 5.74) is 7.54. The Balaban J connectivity index is 1.26. The number of rotatable bonds is 4. The maximum atomic E-state index is 13.6. The predicted octanol–water partition coefficient (Wildman–Crippen LogP) is 4.53. The minimum absolute atomic E-state index is 0.0136. The van der Waals surface area contributed by atoms with Gasteiger partial charge >= 0.3 is 12.2 Å². The highest BCUT2D eigenvalue weighted by atomic mass is 19.4. The first kappa shape index (κ1) is 27.3. The lowest BCUT2D eigenvalue weighted by Crippen LogP contribution is -2.48. The van der Waals surface area contributed by atoms with Crippen LogP contribution in [0.5, 0.6) is 0 Å². The lowest BCUT2D eigenvalue weighted by Gasteiger charge is -2.34. The smallest absolute Gasteiger partial charge is 0.383 e. The van der Waals surface area contributed by atoms with Gasteiger partial charge in [-0.15, -0.1) is 0 Å². The van der Waals surface area contributed by atoms with Crippen molar-refractivity contribution in [2.75, 3.05) is 31.9 Å². The number of imidazole rings is 1. The van der Waals surface area contributed by atoms with Crippen LogP contribution >= 0.6 is 0 Å². The van der Waals surface area contributed by atoms with E-state index in [1.165, 1.54) is 12.3 Å². The third-order valence-electron chi connectivity index (χ3n) is 7.99. The number of alkyl halides is 3. The van der Waals surface area contributed by atoms with Crippen LogP contribution in [0.2, 0.25) is 0 Å². The topological polar surface area (TPSA) is 129 Å². The van der Waals surface area contributed by atoms with E-state index in [0.717, 1.165) is 30.9 Å². The second-order valence-electron chi connectivity index (χ2n) is 10.6. The Morgan fingerprint density at radius 3 is 2.43 bits per heavy atom. The second-order valence-corrected chi connectivity index (χ2v) is 10.6. The lowest BCUT2D eigenvalue weighted by molar-refractivity contribution is -0.141. The van der Waals surface area contributed by atoms with Gasteiger partial charge in [0.05, 0.1) is 5.56 Å². The van der Waals surface area contributed by atoms with Gasteiger partial charge < -0.3 is 20.9 Å². The first-order chi connectivity index (χ1) is 20.2. The molecule has 0 saturated carbocycles. The SMILES string of the molecule is N#CNC1CCN(C(=O)N2CCC(c3ccc(-n4c(-c5cccnc5N)nc5ccc(C(F)(F)F)nc54)cc3)C2)CC1. The molecule has 4 aromatic rings. The van der Waals surface area contributed by atoms with Gasteiger partial charge in [-0.2, -0.15) is 18.4 Å². The molecule has 0 aliphatic carbocycles. The fourth-order valence-corrected chi connectivity index (χ4v) is 5.76. The molecule has 3 N–H and O–H groups in total. The van der Waals surface area contributed by atoms with Crippen molar-refractivity contribution in [3.63, 3.8) is 0 Å². The number of carbonyl (C=O) groups excluding carboxylic acids is 1. The molecule has 2 aliphatic rings. The molecule has 0 radical (unpaired) electrons. The average molecular weight is 576 g/mol. The number of hydrogen-bond donors (Lipinski definition) is 2. The summed E-state index contributed by atoms with van der Waals surface area (Å²) < 4.78 is 42.2. The number of aromatic nitrogens is 4. The van der Waals surface area contributed by atoms with Crippen LogP contribution in [0, 0.1) is 11.5 Å². The number of fused-ring (bicyclic) bond motifs is 1. The van der Waals surface area contributed by atoms with E-state index >= 15 is 0 Å². The number of likely N-dealkylation sites (tertiary alicyclic amines) is 2. The average Bonchev–Trinajstić information content (AvgIpc) is 3.63. The number of carbonyl (C=O) groups is 1. The maximum Gasteiger partial charge on any atom is 0.433 e. The molecule has 0 spiro atoms. The zero-order chi connectivity index (χ0) is 29.4. The number of pyridine rings is 2. The number of urea groups is 1. The van der Waals surface area contributed by atoms with E-state index in [2.05, 4.69) is 20.3 Å². The molecule has 13 heteroatoms. The largest absolute Gasteiger partial charge is 0.433 e. The number of nitrogens with one attached hydrogen (secondary N) is 1. The number of nitrogens with zero attached hydrogens (tertiary/aromatic N) is 7. The highest BCUT2D eigenvalue weighted by Crippen LogP contribution is 2.35. The summed E-state index contributed by atoms with van der Waals surface area (Å²) in [6.07, 6.45) is 1.19. The molecule has 2 saturated heterocycles. The van der Waals surface area contributed by atoms with Crippen molar-refractivity contribution in [1.29, 1.82) is 5.26 Å². The Bertz CT molecular complexity index is 1650. The highest BCUT2D eigenvalue weighted by molar-refractivity contribution is 5.83. The van der Waals surface area contributed by atoms with Gasteiger partial charge in [-0.25, -0.2) is 19.7 Å². The van der Waals surface area contributed by atoms with Crippen LogP contribution in [-0.4, -0.2) is 67.6 Å². The minimum atomic E-state index is -4.62. The monoisotopic (exact) mass is 575 g/mol. The Kier molecular flexibility index (Phi) is 7.06. The van der Waals surface area contributed by atoms with E-state index in [0.29, 0.717) is 48.8 Å².